The number of carbonyl (C=O) groups is 1. The summed E-state index contributed by atoms with van der Waals surface area (Å²) in [5.74, 6) is -0.387. The van der Waals surface area contributed by atoms with Crippen molar-refractivity contribution in [2.75, 3.05) is 0 Å². The summed E-state index contributed by atoms with van der Waals surface area (Å²) in [6, 6.07) is 16.2. The van der Waals surface area contributed by atoms with Gasteiger partial charge in [0.25, 0.3) is 5.91 Å². The van der Waals surface area contributed by atoms with E-state index in [-0.39, 0.29) is 16.9 Å². The Balaban J connectivity index is 1.85. The van der Waals surface area contributed by atoms with Gasteiger partial charge in [0.1, 0.15) is 5.56 Å². The van der Waals surface area contributed by atoms with Crippen molar-refractivity contribution < 1.29 is 4.79 Å². The normalized spacial score (nSPS) is 10.7. The van der Waals surface area contributed by atoms with Crippen LogP contribution in [0.4, 0.5) is 0 Å². The van der Waals surface area contributed by atoms with Gasteiger partial charge in [0.2, 0.25) is 0 Å². The SMILES string of the molecule is Cc1cc(=O)c(C(=O)NCc2ccc(Cl)cc2)c(C)n1Cc1ccc(Cl)cc1. The van der Waals surface area contributed by atoms with Gasteiger partial charge in [0, 0.05) is 40.6 Å². The summed E-state index contributed by atoms with van der Waals surface area (Å²) in [6.07, 6.45) is 0. The Labute approximate surface area is 173 Å². The molecule has 1 N–H and O–H groups in total. The van der Waals surface area contributed by atoms with Crippen LogP contribution >= 0.6 is 23.2 Å². The number of halogens is 2. The van der Waals surface area contributed by atoms with Crippen molar-refractivity contribution in [3.63, 3.8) is 0 Å². The smallest absolute Gasteiger partial charge is 0.257 e. The molecule has 0 atom stereocenters. The lowest BCUT2D eigenvalue weighted by Crippen LogP contribution is -2.31. The Bertz CT molecular complexity index is 1060. The average Bonchev–Trinajstić information content (AvgIpc) is 2.66. The highest BCUT2D eigenvalue weighted by Gasteiger charge is 2.17. The Kier molecular flexibility index (Phi) is 6.22. The van der Waals surface area contributed by atoms with Gasteiger partial charge in [-0.3, -0.25) is 9.59 Å². The topological polar surface area (TPSA) is 51.1 Å². The van der Waals surface area contributed by atoms with Gasteiger partial charge >= 0.3 is 0 Å². The lowest BCUT2D eigenvalue weighted by Gasteiger charge is -2.18. The molecule has 4 nitrogen and oxygen atoms in total. The number of aryl methyl sites for hydroxylation is 1. The summed E-state index contributed by atoms with van der Waals surface area (Å²) in [5, 5.41) is 4.12. The fourth-order valence-electron chi connectivity index (χ4n) is 3.08. The van der Waals surface area contributed by atoms with Crippen molar-refractivity contribution in [2.24, 2.45) is 0 Å². The molecule has 0 aliphatic heterocycles. The fraction of sp³-hybridized carbons (Fsp3) is 0.182. The third-order valence-electron chi connectivity index (χ3n) is 4.63. The number of pyridine rings is 1. The largest absolute Gasteiger partial charge is 0.348 e. The van der Waals surface area contributed by atoms with Crippen molar-refractivity contribution in [3.8, 4) is 0 Å². The van der Waals surface area contributed by atoms with Gasteiger partial charge in [-0.05, 0) is 49.2 Å². The second-order valence-corrected chi connectivity index (χ2v) is 7.51. The van der Waals surface area contributed by atoms with Crippen LogP contribution < -0.4 is 10.7 Å². The minimum atomic E-state index is -0.387. The molecule has 0 spiro atoms. The molecule has 1 heterocycles. The zero-order valence-electron chi connectivity index (χ0n) is 15.6. The predicted octanol–water partition coefficient (Wildman–Crippen LogP) is 4.75. The highest BCUT2D eigenvalue weighted by atomic mass is 35.5. The molecule has 0 aliphatic rings. The first-order valence-electron chi connectivity index (χ1n) is 8.83. The molecule has 28 heavy (non-hydrogen) atoms. The first kappa shape index (κ1) is 20.2. The zero-order chi connectivity index (χ0) is 20.3. The van der Waals surface area contributed by atoms with Gasteiger partial charge < -0.3 is 9.88 Å². The Hall–Kier alpha value is -2.56. The van der Waals surface area contributed by atoms with E-state index in [1.807, 2.05) is 47.9 Å². The van der Waals surface area contributed by atoms with Crippen molar-refractivity contribution in [2.45, 2.75) is 26.9 Å². The summed E-state index contributed by atoms with van der Waals surface area (Å²) >= 11 is 11.8. The molecule has 0 radical (unpaired) electrons. The average molecular weight is 415 g/mol. The lowest BCUT2D eigenvalue weighted by atomic mass is 10.1. The van der Waals surface area contributed by atoms with Crippen LogP contribution in [0.5, 0.6) is 0 Å². The Morgan fingerprint density at radius 2 is 1.46 bits per heavy atom. The van der Waals surface area contributed by atoms with E-state index in [2.05, 4.69) is 5.32 Å². The second kappa shape index (κ2) is 8.63. The number of rotatable bonds is 5. The van der Waals surface area contributed by atoms with Crippen LogP contribution in [0.15, 0.2) is 59.4 Å². The second-order valence-electron chi connectivity index (χ2n) is 6.63. The Morgan fingerprint density at radius 3 is 2.04 bits per heavy atom. The van der Waals surface area contributed by atoms with E-state index in [0.29, 0.717) is 28.8 Å². The van der Waals surface area contributed by atoms with Crippen LogP contribution in [0.2, 0.25) is 10.0 Å². The van der Waals surface area contributed by atoms with Crippen LogP contribution in [0, 0.1) is 13.8 Å². The van der Waals surface area contributed by atoms with Crippen molar-refractivity contribution in [3.05, 3.63) is 103 Å². The third kappa shape index (κ3) is 4.64. The summed E-state index contributed by atoms with van der Waals surface area (Å²) in [6.45, 7) is 4.52. The molecule has 3 rings (SSSR count). The molecule has 0 aliphatic carbocycles. The van der Waals surface area contributed by atoms with Gasteiger partial charge in [-0.2, -0.15) is 0 Å². The summed E-state index contributed by atoms with van der Waals surface area (Å²) < 4.78 is 1.96. The van der Waals surface area contributed by atoms with E-state index in [0.717, 1.165) is 16.8 Å². The minimum Gasteiger partial charge on any atom is -0.348 e. The van der Waals surface area contributed by atoms with Gasteiger partial charge in [0.05, 0.1) is 0 Å². The number of nitrogens with one attached hydrogen (secondary N) is 1. The molecule has 0 saturated carbocycles. The molecule has 0 saturated heterocycles. The third-order valence-corrected chi connectivity index (χ3v) is 5.13. The van der Waals surface area contributed by atoms with E-state index in [4.69, 9.17) is 23.2 Å². The van der Waals surface area contributed by atoms with Crippen LogP contribution in [0.25, 0.3) is 0 Å². The van der Waals surface area contributed by atoms with Gasteiger partial charge in [-0.1, -0.05) is 47.5 Å². The van der Waals surface area contributed by atoms with Crippen molar-refractivity contribution in [1.29, 1.82) is 0 Å². The quantitative estimate of drug-likeness (QED) is 0.654. The monoisotopic (exact) mass is 414 g/mol. The molecule has 1 amide bonds. The zero-order valence-corrected chi connectivity index (χ0v) is 17.1. The first-order chi connectivity index (χ1) is 13.3. The maximum Gasteiger partial charge on any atom is 0.257 e. The molecule has 6 heteroatoms. The number of aromatic nitrogens is 1. The summed E-state index contributed by atoms with van der Waals surface area (Å²) in [5.41, 5.74) is 3.25. The number of hydrogen-bond donors (Lipinski definition) is 1. The molecular weight excluding hydrogens is 395 g/mol. The molecule has 144 valence electrons. The van der Waals surface area contributed by atoms with Crippen LogP contribution in [-0.4, -0.2) is 10.5 Å². The number of amides is 1. The lowest BCUT2D eigenvalue weighted by molar-refractivity contribution is 0.0948. The van der Waals surface area contributed by atoms with E-state index < -0.39 is 0 Å². The Morgan fingerprint density at radius 1 is 0.929 bits per heavy atom. The highest BCUT2D eigenvalue weighted by Crippen LogP contribution is 2.15. The molecule has 2 aromatic carbocycles. The molecular formula is C22H20Cl2N2O2. The molecule has 0 unspecified atom stereocenters. The van der Waals surface area contributed by atoms with Gasteiger partial charge in [-0.25, -0.2) is 0 Å². The van der Waals surface area contributed by atoms with Crippen LogP contribution in [0.1, 0.15) is 32.9 Å². The molecule has 0 bridgehead atoms. The van der Waals surface area contributed by atoms with Gasteiger partial charge in [0.15, 0.2) is 5.43 Å². The van der Waals surface area contributed by atoms with E-state index >= 15 is 0 Å². The molecule has 1 aromatic heterocycles. The highest BCUT2D eigenvalue weighted by molar-refractivity contribution is 6.30. The number of nitrogens with zero attached hydrogens (tertiary/aromatic N) is 1. The predicted molar refractivity (Wildman–Crippen MR) is 113 cm³/mol. The molecule has 0 fully saturated rings. The van der Waals surface area contributed by atoms with Crippen LogP contribution in [0.3, 0.4) is 0 Å². The van der Waals surface area contributed by atoms with Crippen molar-refractivity contribution >= 4 is 29.1 Å². The summed E-state index contributed by atoms with van der Waals surface area (Å²) in [4.78, 5) is 25.2. The number of hydrogen-bond acceptors (Lipinski definition) is 2. The maximum absolute atomic E-state index is 12.7. The van der Waals surface area contributed by atoms with Crippen LogP contribution in [-0.2, 0) is 13.1 Å². The standard InChI is InChI=1S/C22H20Cl2N2O2/c1-14-11-20(27)21(22(28)25-12-16-3-7-18(23)8-4-16)15(2)26(14)13-17-5-9-19(24)10-6-17/h3-11H,12-13H2,1-2H3,(H,25,28). The first-order valence-corrected chi connectivity index (χ1v) is 9.59. The fourth-order valence-corrected chi connectivity index (χ4v) is 3.33. The van der Waals surface area contributed by atoms with Gasteiger partial charge in [-0.15, -0.1) is 0 Å². The van der Waals surface area contributed by atoms with E-state index in [1.54, 1.807) is 19.1 Å². The molecule has 3 aromatic rings. The minimum absolute atomic E-state index is 0.161. The number of carbonyl (C=O) groups excluding carboxylic acids is 1. The van der Waals surface area contributed by atoms with E-state index in [9.17, 15) is 9.59 Å². The summed E-state index contributed by atoms with van der Waals surface area (Å²) in [7, 11) is 0. The van der Waals surface area contributed by atoms with Crippen molar-refractivity contribution in [1.82, 2.24) is 9.88 Å². The number of benzene rings is 2. The maximum atomic E-state index is 12.7. The van der Waals surface area contributed by atoms with E-state index in [1.165, 1.54) is 6.07 Å².